The summed E-state index contributed by atoms with van der Waals surface area (Å²) in [7, 11) is -3.84. The van der Waals surface area contributed by atoms with Gasteiger partial charge in [-0.25, -0.2) is 0 Å². The zero-order chi connectivity index (χ0) is 22.3. The maximum absolute atomic E-state index is 13.5. The number of unbranched alkanes of at least 4 members (excludes halogenated alkanes) is 8. The molecule has 0 amide bonds. The average Bonchev–Trinajstić information content (AvgIpc) is 2.73. The highest BCUT2D eigenvalue weighted by molar-refractivity contribution is 7.51. The summed E-state index contributed by atoms with van der Waals surface area (Å²) in [6, 6.07) is 0. The molecule has 1 aliphatic rings. The van der Waals surface area contributed by atoms with Crippen molar-refractivity contribution in [2.45, 2.75) is 110 Å². The minimum absolute atomic E-state index is 0.00455. The molecule has 0 aromatic carbocycles. The third kappa shape index (κ3) is 11.4. The Labute approximate surface area is 184 Å². The number of hydrogen-bond donors (Lipinski definition) is 3. The van der Waals surface area contributed by atoms with Crippen molar-refractivity contribution in [3.05, 3.63) is 0 Å². The Morgan fingerprint density at radius 1 is 0.933 bits per heavy atom. The minimum atomic E-state index is -3.84. The van der Waals surface area contributed by atoms with Crippen LogP contribution >= 0.6 is 7.60 Å². The lowest BCUT2D eigenvalue weighted by atomic mass is 9.69. The van der Waals surface area contributed by atoms with Gasteiger partial charge in [0.05, 0.1) is 6.61 Å². The van der Waals surface area contributed by atoms with Crippen LogP contribution in [0, 0.1) is 5.41 Å². The van der Waals surface area contributed by atoms with Crippen molar-refractivity contribution < 1.29 is 23.9 Å². The molecule has 1 unspecified atom stereocenters. The van der Waals surface area contributed by atoms with E-state index < -0.39 is 7.60 Å². The van der Waals surface area contributed by atoms with Crippen LogP contribution in [0.5, 0.6) is 0 Å². The monoisotopic (exact) mass is 447 g/mol. The summed E-state index contributed by atoms with van der Waals surface area (Å²) in [6.45, 7) is 6.48. The lowest BCUT2D eigenvalue weighted by Crippen LogP contribution is -2.49. The Morgan fingerprint density at radius 3 is 1.97 bits per heavy atom. The summed E-state index contributed by atoms with van der Waals surface area (Å²) in [5, 5.41) is 3.32. The first-order valence-electron chi connectivity index (χ1n) is 12.3. The van der Waals surface area contributed by atoms with E-state index in [1.807, 2.05) is 0 Å². The molecule has 3 N–H and O–H groups in total. The minimum Gasteiger partial charge on any atom is -0.368 e. The van der Waals surface area contributed by atoms with Crippen LogP contribution in [-0.4, -0.2) is 47.5 Å². The van der Waals surface area contributed by atoms with Crippen LogP contribution in [0.3, 0.4) is 0 Å². The van der Waals surface area contributed by atoms with Gasteiger partial charge in [0.25, 0.3) is 0 Å². The summed E-state index contributed by atoms with van der Waals surface area (Å²) in [5.41, 5.74) is -0.237. The van der Waals surface area contributed by atoms with Crippen LogP contribution < -0.4 is 5.32 Å². The van der Waals surface area contributed by atoms with Crippen molar-refractivity contribution in [1.29, 1.82) is 0 Å². The quantitative estimate of drug-likeness (QED) is 0.197. The Kier molecular flexibility index (Phi) is 14.4. The standard InChI is InChI=1S/C23H46NO5P/c1-3-5-14-23(15-6-4-2,22(25)21-20-24-17-18-29-21)16-12-10-8-7-9-11-13-19-30(26,27)28/h21,24H,3-20H2,1-2H3,(H2,26,27,28). The number of ether oxygens (including phenoxy) is 1. The fraction of sp³-hybridized carbons (Fsp3) is 0.957. The van der Waals surface area contributed by atoms with Crippen molar-refractivity contribution in [2.24, 2.45) is 5.41 Å². The number of carbonyl (C=O) groups is 1. The van der Waals surface area contributed by atoms with Gasteiger partial charge < -0.3 is 19.8 Å². The van der Waals surface area contributed by atoms with E-state index in [9.17, 15) is 9.36 Å². The third-order valence-electron chi connectivity index (χ3n) is 6.37. The highest BCUT2D eigenvalue weighted by Gasteiger charge is 2.41. The summed E-state index contributed by atoms with van der Waals surface area (Å²) in [5.74, 6) is 0.328. The first-order valence-corrected chi connectivity index (χ1v) is 14.1. The van der Waals surface area contributed by atoms with Crippen molar-refractivity contribution in [3.8, 4) is 0 Å². The van der Waals surface area contributed by atoms with E-state index >= 15 is 0 Å². The summed E-state index contributed by atoms with van der Waals surface area (Å²) < 4.78 is 16.7. The van der Waals surface area contributed by atoms with Gasteiger partial charge in [-0.1, -0.05) is 78.1 Å². The van der Waals surface area contributed by atoms with Gasteiger partial charge in [-0.2, -0.15) is 0 Å². The van der Waals surface area contributed by atoms with Crippen LogP contribution in [0.2, 0.25) is 0 Å². The molecule has 7 heteroatoms. The SMILES string of the molecule is CCCCC(CCCC)(CCCCCCCCCP(=O)(O)O)C(=O)C1CNCCO1. The zero-order valence-corrected chi connectivity index (χ0v) is 20.3. The fourth-order valence-corrected chi connectivity index (χ4v) is 5.15. The van der Waals surface area contributed by atoms with E-state index in [4.69, 9.17) is 14.5 Å². The third-order valence-corrected chi connectivity index (χ3v) is 7.26. The molecule has 0 aliphatic carbocycles. The van der Waals surface area contributed by atoms with Gasteiger partial charge in [-0.3, -0.25) is 9.36 Å². The molecular weight excluding hydrogens is 401 g/mol. The summed E-state index contributed by atoms with van der Waals surface area (Å²) in [4.78, 5) is 31.3. The van der Waals surface area contributed by atoms with Crippen LogP contribution in [0.25, 0.3) is 0 Å². The molecule has 0 spiro atoms. The van der Waals surface area contributed by atoms with E-state index in [2.05, 4.69) is 19.2 Å². The molecular formula is C23H46NO5P. The number of ketones is 1. The molecule has 1 heterocycles. The lowest BCUT2D eigenvalue weighted by Gasteiger charge is -2.37. The Morgan fingerprint density at radius 2 is 1.47 bits per heavy atom. The Hall–Kier alpha value is -0.260. The number of carbonyl (C=O) groups excluding carboxylic acids is 1. The van der Waals surface area contributed by atoms with Gasteiger partial charge in [-0.05, 0) is 25.7 Å². The van der Waals surface area contributed by atoms with Crippen molar-refractivity contribution in [3.63, 3.8) is 0 Å². The number of hydrogen-bond acceptors (Lipinski definition) is 4. The van der Waals surface area contributed by atoms with E-state index in [1.54, 1.807) is 0 Å². The molecule has 0 radical (unpaired) electrons. The highest BCUT2D eigenvalue weighted by Crippen LogP contribution is 2.39. The van der Waals surface area contributed by atoms with Gasteiger partial charge in [0.1, 0.15) is 6.10 Å². The topological polar surface area (TPSA) is 95.9 Å². The lowest BCUT2D eigenvalue weighted by molar-refractivity contribution is -0.144. The first-order chi connectivity index (χ1) is 14.3. The molecule has 1 rings (SSSR count). The molecule has 0 aromatic rings. The molecule has 0 aromatic heterocycles. The normalized spacial score (nSPS) is 17.9. The Balaban J connectivity index is 2.49. The predicted molar refractivity (Wildman–Crippen MR) is 123 cm³/mol. The largest absolute Gasteiger partial charge is 0.368 e. The van der Waals surface area contributed by atoms with Crippen molar-refractivity contribution >= 4 is 13.4 Å². The molecule has 6 nitrogen and oxygen atoms in total. The number of nitrogens with one attached hydrogen (secondary N) is 1. The van der Waals surface area contributed by atoms with E-state index in [-0.39, 0.29) is 17.7 Å². The Bertz CT molecular complexity index is 494. The van der Waals surface area contributed by atoms with Crippen LogP contribution in [0.15, 0.2) is 0 Å². The van der Waals surface area contributed by atoms with Gasteiger partial charge in [0.2, 0.25) is 0 Å². The number of rotatable bonds is 18. The van der Waals surface area contributed by atoms with Gasteiger partial charge in [0.15, 0.2) is 5.78 Å². The second kappa shape index (κ2) is 15.5. The van der Waals surface area contributed by atoms with Gasteiger partial charge in [-0.15, -0.1) is 0 Å². The van der Waals surface area contributed by atoms with E-state index in [1.165, 1.54) is 0 Å². The van der Waals surface area contributed by atoms with E-state index in [0.29, 0.717) is 25.4 Å². The maximum Gasteiger partial charge on any atom is 0.325 e. The molecule has 1 saturated heterocycles. The number of morpholine rings is 1. The number of Topliss-reactive ketones (excluding diaryl/α,β-unsaturated/α-hetero) is 1. The molecule has 178 valence electrons. The molecule has 1 atom stereocenters. The fourth-order valence-electron chi connectivity index (χ4n) is 4.52. The molecule has 0 bridgehead atoms. The first kappa shape index (κ1) is 27.8. The van der Waals surface area contributed by atoms with Crippen molar-refractivity contribution in [1.82, 2.24) is 5.32 Å². The average molecular weight is 448 g/mol. The van der Waals surface area contributed by atoms with E-state index in [0.717, 1.165) is 90.0 Å². The highest BCUT2D eigenvalue weighted by atomic mass is 31.2. The summed E-state index contributed by atoms with van der Waals surface area (Å²) >= 11 is 0. The zero-order valence-electron chi connectivity index (χ0n) is 19.4. The molecule has 1 fully saturated rings. The molecule has 0 saturated carbocycles. The van der Waals surface area contributed by atoms with Gasteiger partial charge in [0, 0.05) is 24.7 Å². The maximum atomic E-state index is 13.5. The molecule has 30 heavy (non-hydrogen) atoms. The summed E-state index contributed by atoms with van der Waals surface area (Å²) in [6.07, 6.45) is 14.0. The van der Waals surface area contributed by atoms with Crippen LogP contribution in [0.4, 0.5) is 0 Å². The van der Waals surface area contributed by atoms with Crippen LogP contribution in [0.1, 0.15) is 104 Å². The molecule has 1 aliphatic heterocycles. The van der Waals surface area contributed by atoms with Crippen molar-refractivity contribution in [2.75, 3.05) is 25.9 Å². The second-order valence-corrected chi connectivity index (χ2v) is 10.8. The van der Waals surface area contributed by atoms with Gasteiger partial charge >= 0.3 is 7.60 Å². The second-order valence-electron chi connectivity index (χ2n) is 9.03. The van der Waals surface area contributed by atoms with Crippen LogP contribution in [-0.2, 0) is 14.1 Å². The smallest absolute Gasteiger partial charge is 0.325 e. The predicted octanol–water partition coefficient (Wildman–Crippen LogP) is 5.21.